The standard InChI is InChI=1S/C21H22N2O/c1-3-16(2)17-8-10-20(11-9-17)22-21(24)15-23-13-12-18-6-4-5-7-19(18)14-23/h4-14,16H,3,15H2,1-2H3/p+1/t16-/m1/s1. The third kappa shape index (κ3) is 3.80. The van der Waals surface area contributed by atoms with E-state index >= 15 is 0 Å². The summed E-state index contributed by atoms with van der Waals surface area (Å²) in [6.45, 7) is 4.70. The highest BCUT2D eigenvalue weighted by atomic mass is 16.1. The first-order chi connectivity index (χ1) is 11.7. The number of nitrogens with zero attached hydrogens (tertiary/aromatic N) is 1. The van der Waals surface area contributed by atoms with Gasteiger partial charge in [-0.05, 0) is 41.5 Å². The highest BCUT2D eigenvalue weighted by Crippen LogP contribution is 2.20. The van der Waals surface area contributed by atoms with E-state index in [9.17, 15) is 4.79 Å². The Bertz CT molecular complexity index is 840. The molecule has 3 heteroatoms. The van der Waals surface area contributed by atoms with E-state index in [2.05, 4.69) is 43.4 Å². The van der Waals surface area contributed by atoms with E-state index < -0.39 is 0 Å². The van der Waals surface area contributed by atoms with Crippen LogP contribution in [0.2, 0.25) is 0 Å². The zero-order valence-electron chi connectivity index (χ0n) is 14.2. The van der Waals surface area contributed by atoms with Crippen molar-refractivity contribution in [1.29, 1.82) is 0 Å². The predicted molar refractivity (Wildman–Crippen MR) is 97.9 cm³/mol. The summed E-state index contributed by atoms with van der Waals surface area (Å²) < 4.78 is 1.91. The highest BCUT2D eigenvalue weighted by Gasteiger charge is 2.11. The van der Waals surface area contributed by atoms with Crippen molar-refractivity contribution in [3.05, 3.63) is 72.6 Å². The Labute approximate surface area is 143 Å². The lowest BCUT2D eigenvalue weighted by Crippen LogP contribution is -2.39. The number of pyridine rings is 1. The molecule has 1 heterocycles. The number of amides is 1. The van der Waals surface area contributed by atoms with Gasteiger partial charge < -0.3 is 5.32 Å². The molecule has 1 N–H and O–H groups in total. The zero-order valence-corrected chi connectivity index (χ0v) is 14.2. The minimum absolute atomic E-state index is 0.0217. The van der Waals surface area contributed by atoms with Gasteiger partial charge in [-0.15, -0.1) is 0 Å². The molecule has 0 radical (unpaired) electrons. The van der Waals surface area contributed by atoms with Crippen LogP contribution in [-0.2, 0) is 11.3 Å². The van der Waals surface area contributed by atoms with Gasteiger partial charge in [0, 0.05) is 17.1 Å². The SMILES string of the molecule is CC[C@@H](C)c1ccc(NC(=O)C[n+]2ccc3ccccc3c2)cc1. The van der Waals surface area contributed by atoms with Crippen molar-refractivity contribution in [2.45, 2.75) is 32.7 Å². The number of benzene rings is 2. The van der Waals surface area contributed by atoms with Crippen LogP contribution in [0.3, 0.4) is 0 Å². The minimum Gasteiger partial charge on any atom is -0.321 e. The van der Waals surface area contributed by atoms with Crippen molar-refractivity contribution >= 4 is 22.4 Å². The summed E-state index contributed by atoms with van der Waals surface area (Å²) in [5.41, 5.74) is 2.15. The molecular formula is C21H23N2O+. The van der Waals surface area contributed by atoms with E-state index in [0.717, 1.165) is 17.5 Å². The van der Waals surface area contributed by atoms with E-state index in [4.69, 9.17) is 0 Å². The summed E-state index contributed by atoms with van der Waals surface area (Å²) >= 11 is 0. The number of aromatic nitrogens is 1. The van der Waals surface area contributed by atoms with Crippen molar-refractivity contribution in [1.82, 2.24) is 0 Å². The zero-order chi connectivity index (χ0) is 16.9. The average Bonchev–Trinajstić information content (AvgIpc) is 2.61. The van der Waals surface area contributed by atoms with Crippen LogP contribution in [-0.4, -0.2) is 5.91 Å². The average molecular weight is 319 g/mol. The Morgan fingerprint density at radius 1 is 1.04 bits per heavy atom. The number of fused-ring (bicyclic) bond motifs is 1. The van der Waals surface area contributed by atoms with Gasteiger partial charge in [0.15, 0.2) is 12.4 Å². The Hall–Kier alpha value is -2.68. The third-order valence-electron chi connectivity index (χ3n) is 4.45. The monoisotopic (exact) mass is 319 g/mol. The van der Waals surface area contributed by atoms with Gasteiger partial charge in [-0.2, -0.15) is 4.57 Å². The molecule has 3 aromatic rings. The van der Waals surface area contributed by atoms with Crippen molar-refractivity contribution in [2.24, 2.45) is 0 Å². The van der Waals surface area contributed by atoms with Gasteiger partial charge in [0.25, 0.3) is 5.91 Å². The fraction of sp³-hybridized carbons (Fsp3) is 0.238. The van der Waals surface area contributed by atoms with E-state index in [-0.39, 0.29) is 5.91 Å². The lowest BCUT2D eigenvalue weighted by atomic mass is 9.99. The molecule has 3 nitrogen and oxygen atoms in total. The van der Waals surface area contributed by atoms with E-state index in [0.29, 0.717) is 12.5 Å². The fourth-order valence-electron chi connectivity index (χ4n) is 2.77. The third-order valence-corrected chi connectivity index (χ3v) is 4.45. The molecule has 0 aliphatic carbocycles. The second-order valence-corrected chi connectivity index (χ2v) is 6.23. The Balaban J connectivity index is 1.66. The molecule has 0 saturated heterocycles. The summed E-state index contributed by atoms with van der Waals surface area (Å²) in [6.07, 6.45) is 5.05. The second kappa shape index (κ2) is 7.26. The largest absolute Gasteiger partial charge is 0.321 e. The lowest BCUT2D eigenvalue weighted by Gasteiger charge is -2.10. The van der Waals surface area contributed by atoms with Gasteiger partial charge in [0.1, 0.15) is 0 Å². The van der Waals surface area contributed by atoms with Gasteiger partial charge in [0.05, 0.1) is 0 Å². The Morgan fingerprint density at radius 3 is 2.46 bits per heavy atom. The first-order valence-corrected chi connectivity index (χ1v) is 8.43. The topological polar surface area (TPSA) is 33.0 Å². The summed E-state index contributed by atoms with van der Waals surface area (Å²) in [6, 6.07) is 18.3. The molecule has 3 rings (SSSR count). The number of rotatable bonds is 5. The highest BCUT2D eigenvalue weighted by molar-refractivity contribution is 5.89. The van der Waals surface area contributed by atoms with Crippen LogP contribution in [0.15, 0.2) is 67.0 Å². The van der Waals surface area contributed by atoms with Crippen molar-refractivity contribution in [2.75, 3.05) is 5.32 Å². The van der Waals surface area contributed by atoms with Gasteiger partial charge in [-0.3, -0.25) is 4.79 Å². The molecule has 0 saturated carbocycles. The minimum atomic E-state index is -0.0217. The molecule has 1 aromatic heterocycles. The second-order valence-electron chi connectivity index (χ2n) is 6.23. The number of hydrogen-bond donors (Lipinski definition) is 1. The van der Waals surface area contributed by atoms with Crippen LogP contribution in [0.4, 0.5) is 5.69 Å². The molecule has 0 aliphatic heterocycles. The van der Waals surface area contributed by atoms with Crippen molar-refractivity contribution in [3.8, 4) is 0 Å². The normalized spacial score (nSPS) is 12.1. The molecule has 122 valence electrons. The summed E-state index contributed by atoms with van der Waals surface area (Å²) in [7, 11) is 0. The molecule has 24 heavy (non-hydrogen) atoms. The van der Waals surface area contributed by atoms with E-state index in [1.165, 1.54) is 10.9 Å². The maximum absolute atomic E-state index is 12.3. The van der Waals surface area contributed by atoms with Crippen LogP contribution in [0.1, 0.15) is 31.7 Å². The predicted octanol–water partition coefficient (Wildman–Crippen LogP) is 4.28. The van der Waals surface area contributed by atoms with Crippen LogP contribution in [0.5, 0.6) is 0 Å². The maximum atomic E-state index is 12.3. The maximum Gasteiger partial charge on any atom is 0.290 e. The van der Waals surface area contributed by atoms with Crippen LogP contribution >= 0.6 is 0 Å². The van der Waals surface area contributed by atoms with Gasteiger partial charge in [0.2, 0.25) is 6.54 Å². The van der Waals surface area contributed by atoms with Crippen LogP contribution in [0, 0.1) is 0 Å². The summed E-state index contributed by atoms with van der Waals surface area (Å²) in [4.78, 5) is 12.3. The number of carbonyl (C=O) groups is 1. The molecule has 0 fully saturated rings. The quantitative estimate of drug-likeness (QED) is 0.700. The molecule has 1 atom stereocenters. The van der Waals surface area contributed by atoms with Gasteiger partial charge in [-0.1, -0.05) is 44.2 Å². The number of hydrogen-bond acceptors (Lipinski definition) is 1. The molecule has 0 unspecified atom stereocenters. The molecule has 0 aliphatic rings. The Morgan fingerprint density at radius 2 is 1.75 bits per heavy atom. The van der Waals surface area contributed by atoms with Crippen molar-refractivity contribution < 1.29 is 9.36 Å². The molecule has 2 aromatic carbocycles. The Kier molecular flexibility index (Phi) is 4.90. The van der Waals surface area contributed by atoms with Gasteiger partial charge >= 0.3 is 0 Å². The summed E-state index contributed by atoms with van der Waals surface area (Å²) in [5.74, 6) is 0.523. The lowest BCUT2D eigenvalue weighted by molar-refractivity contribution is -0.682. The first kappa shape index (κ1) is 16.2. The van der Waals surface area contributed by atoms with Crippen molar-refractivity contribution in [3.63, 3.8) is 0 Å². The fourth-order valence-corrected chi connectivity index (χ4v) is 2.77. The molecular weight excluding hydrogens is 296 g/mol. The smallest absolute Gasteiger partial charge is 0.290 e. The molecule has 0 bridgehead atoms. The number of carbonyl (C=O) groups excluding carboxylic acids is 1. The summed E-state index contributed by atoms with van der Waals surface area (Å²) in [5, 5.41) is 5.27. The van der Waals surface area contributed by atoms with Gasteiger partial charge in [-0.25, -0.2) is 0 Å². The van der Waals surface area contributed by atoms with Crippen LogP contribution in [0.25, 0.3) is 10.8 Å². The number of anilines is 1. The molecule has 0 spiro atoms. The van der Waals surface area contributed by atoms with E-state index in [1.54, 1.807) is 0 Å². The number of nitrogens with one attached hydrogen (secondary N) is 1. The first-order valence-electron chi connectivity index (χ1n) is 8.43. The molecule has 1 amide bonds. The van der Waals surface area contributed by atoms with Crippen LogP contribution < -0.4 is 9.88 Å². The van der Waals surface area contributed by atoms with E-state index in [1.807, 2.05) is 47.3 Å².